The van der Waals surface area contributed by atoms with Crippen LogP contribution in [0.5, 0.6) is 23.0 Å². The quantitative estimate of drug-likeness (QED) is 0.250. The number of fused-ring (bicyclic) bond motifs is 1. The molecule has 1 aromatic heterocycles. The van der Waals surface area contributed by atoms with Crippen molar-refractivity contribution in [2.24, 2.45) is 0 Å². The molecule has 4 aromatic rings. The molecule has 4 rings (SSSR count). The lowest BCUT2D eigenvalue weighted by molar-refractivity contribution is 0.251. The van der Waals surface area contributed by atoms with Crippen molar-refractivity contribution >= 4 is 28.3 Å². The molecule has 1 heterocycles. The number of carbonyl (C=O) groups is 1. The highest BCUT2D eigenvalue weighted by Crippen LogP contribution is 2.37. The Hall–Kier alpha value is -4.47. The molecule has 38 heavy (non-hydrogen) atoms. The van der Waals surface area contributed by atoms with Crippen molar-refractivity contribution < 1.29 is 32.2 Å². The van der Waals surface area contributed by atoms with Crippen molar-refractivity contribution in [1.82, 2.24) is 4.98 Å². The van der Waals surface area contributed by atoms with E-state index in [1.807, 2.05) is 0 Å². The van der Waals surface area contributed by atoms with Gasteiger partial charge in [0.2, 0.25) is 0 Å². The summed E-state index contributed by atoms with van der Waals surface area (Å²) >= 11 is 0. The average molecular weight is 526 g/mol. The predicted molar refractivity (Wildman–Crippen MR) is 139 cm³/mol. The molecule has 0 aliphatic rings. The number of carbonyl (C=O) groups excluding carboxylic acids is 1. The Balaban J connectivity index is 1.64. The highest BCUT2D eigenvalue weighted by molar-refractivity contribution is 6.03. The summed E-state index contributed by atoms with van der Waals surface area (Å²) in [5.41, 5.74) is 0.471. The first-order valence-electron chi connectivity index (χ1n) is 11.8. The largest absolute Gasteiger partial charge is 0.493 e. The maximum atomic E-state index is 15.3. The summed E-state index contributed by atoms with van der Waals surface area (Å²) < 4.78 is 59.7. The maximum Gasteiger partial charge on any atom is 0.329 e. The van der Waals surface area contributed by atoms with Crippen molar-refractivity contribution in [3.63, 3.8) is 0 Å². The number of nitrogens with zero attached hydrogens (tertiary/aromatic N) is 3. The van der Waals surface area contributed by atoms with E-state index in [9.17, 15) is 13.6 Å². The Labute approximate surface area is 218 Å². The summed E-state index contributed by atoms with van der Waals surface area (Å²) in [6.45, 7) is 3.50. The van der Waals surface area contributed by atoms with Gasteiger partial charge in [0.05, 0.1) is 31.1 Å². The van der Waals surface area contributed by atoms with Gasteiger partial charge in [-0.1, -0.05) is 0 Å². The molecule has 198 valence electrons. The molecule has 0 fully saturated rings. The molecule has 0 atom stereocenters. The summed E-state index contributed by atoms with van der Waals surface area (Å²) in [4.78, 5) is 19.9. The molecule has 10 heteroatoms. The van der Waals surface area contributed by atoms with E-state index in [0.717, 1.165) is 17.0 Å². The Morgan fingerprint density at radius 2 is 1.39 bits per heavy atom. The van der Waals surface area contributed by atoms with Crippen molar-refractivity contribution in [3.05, 3.63) is 78.2 Å². The molecule has 0 bridgehead atoms. The van der Waals surface area contributed by atoms with Crippen LogP contribution in [0.4, 0.5) is 29.3 Å². The zero-order chi connectivity index (χ0) is 27.4. The van der Waals surface area contributed by atoms with Crippen LogP contribution in [-0.4, -0.2) is 38.3 Å². The van der Waals surface area contributed by atoms with Gasteiger partial charge < -0.3 is 14.2 Å². The molecular weight excluding hydrogens is 499 g/mol. The number of amides is 2. The molecule has 0 saturated carbocycles. The van der Waals surface area contributed by atoms with E-state index in [1.54, 1.807) is 38.2 Å². The topological polar surface area (TPSA) is 64.1 Å². The highest BCUT2D eigenvalue weighted by Gasteiger charge is 2.26. The van der Waals surface area contributed by atoms with Crippen LogP contribution in [-0.2, 0) is 0 Å². The second-order valence-electron chi connectivity index (χ2n) is 8.12. The Morgan fingerprint density at radius 1 is 0.789 bits per heavy atom. The lowest BCUT2D eigenvalue weighted by atomic mass is 10.1. The van der Waals surface area contributed by atoms with Gasteiger partial charge in [0, 0.05) is 42.9 Å². The van der Waals surface area contributed by atoms with Crippen molar-refractivity contribution in [2.75, 3.05) is 37.1 Å². The van der Waals surface area contributed by atoms with Crippen LogP contribution < -0.4 is 24.0 Å². The second-order valence-corrected chi connectivity index (χ2v) is 8.12. The van der Waals surface area contributed by atoms with Crippen LogP contribution in [0.2, 0.25) is 0 Å². The monoisotopic (exact) mass is 525 g/mol. The number of benzene rings is 3. The Morgan fingerprint density at radius 3 is 1.97 bits per heavy atom. The first-order chi connectivity index (χ1) is 18.3. The fourth-order valence-electron chi connectivity index (χ4n) is 4.10. The summed E-state index contributed by atoms with van der Waals surface area (Å²) in [6, 6.07) is 11.4. The van der Waals surface area contributed by atoms with Crippen LogP contribution >= 0.6 is 0 Å². The first-order valence-corrected chi connectivity index (χ1v) is 11.8. The number of urea groups is 1. The molecule has 0 aliphatic heterocycles. The molecule has 0 saturated heterocycles. The Bertz CT molecular complexity index is 1480. The number of hydrogen-bond donors (Lipinski definition) is 0. The zero-order valence-electron chi connectivity index (χ0n) is 21.3. The van der Waals surface area contributed by atoms with E-state index >= 15 is 4.39 Å². The normalized spacial score (nSPS) is 10.8. The van der Waals surface area contributed by atoms with E-state index in [2.05, 4.69) is 4.98 Å². The zero-order valence-corrected chi connectivity index (χ0v) is 21.3. The van der Waals surface area contributed by atoms with Gasteiger partial charge in [-0.05, 0) is 50.2 Å². The van der Waals surface area contributed by atoms with Gasteiger partial charge in [-0.2, -0.15) is 0 Å². The third-order valence-corrected chi connectivity index (χ3v) is 5.94. The van der Waals surface area contributed by atoms with Crippen LogP contribution in [0.25, 0.3) is 10.9 Å². The second kappa shape index (κ2) is 11.3. The number of halogens is 3. The first kappa shape index (κ1) is 26.6. The van der Waals surface area contributed by atoms with Crippen molar-refractivity contribution in [3.8, 4) is 23.0 Å². The van der Waals surface area contributed by atoms with Gasteiger partial charge in [0.15, 0.2) is 17.3 Å². The average Bonchev–Trinajstić information content (AvgIpc) is 2.91. The lowest BCUT2D eigenvalue weighted by Crippen LogP contribution is -2.44. The fourth-order valence-corrected chi connectivity index (χ4v) is 4.10. The number of ether oxygens (including phenoxy) is 3. The molecule has 0 spiro atoms. The van der Waals surface area contributed by atoms with Crippen LogP contribution in [0.3, 0.4) is 0 Å². The number of aromatic nitrogens is 1. The molecule has 2 amide bonds. The van der Waals surface area contributed by atoms with Crippen LogP contribution in [0, 0.1) is 17.5 Å². The minimum atomic E-state index is -0.890. The van der Waals surface area contributed by atoms with Crippen molar-refractivity contribution in [1.29, 1.82) is 0 Å². The van der Waals surface area contributed by atoms with E-state index in [-0.39, 0.29) is 30.2 Å². The number of hydrogen-bond acceptors (Lipinski definition) is 5. The summed E-state index contributed by atoms with van der Waals surface area (Å²) in [7, 11) is 3.04. The smallest absolute Gasteiger partial charge is 0.329 e. The third-order valence-electron chi connectivity index (χ3n) is 5.94. The molecule has 0 aliphatic carbocycles. The molecule has 0 radical (unpaired) electrons. The van der Waals surface area contributed by atoms with Crippen LogP contribution in [0.15, 0.2) is 60.8 Å². The SMILES string of the molecule is CCN(C(=O)N(CC)c1ccc(Oc2ccnc3cc(OC)c(OC)cc23)cc1F)c1ccc(F)cc1F. The third kappa shape index (κ3) is 5.15. The van der Waals surface area contributed by atoms with Gasteiger partial charge >= 0.3 is 6.03 Å². The van der Waals surface area contributed by atoms with Gasteiger partial charge in [0.25, 0.3) is 0 Å². The standard InChI is InChI=1S/C28H26F3N3O4/c1-5-33(23-9-7-17(29)13-20(23)30)28(35)34(6-2)24-10-8-18(14-21(24)31)38-25-11-12-32-22-16-27(37-4)26(36-3)15-19(22)25/h7-16H,5-6H2,1-4H3. The molecule has 3 aromatic carbocycles. The number of rotatable bonds is 8. The molecule has 7 nitrogen and oxygen atoms in total. The van der Waals surface area contributed by atoms with E-state index < -0.39 is 23.5 Å². The van der Waals surface area contributed by atoms with E-state index in [0.29, 0.717) is 34.2 Å². The highest BCUT2D eigenvalue weighted by atomic mass is 19.1. The molecule has 0 unspecified atom stereocenters. The number of methoxy groups -OCH3 is 2. The van der Waals surface area contributed by atoms with Crippen LogP contribution in [0.1, 0.15) is 13.8 Å². The van der Waals surface area contributed by atoms with Crippen molar-refractivity contribution in [2.45, 2.75) is 13.8 Å². The molecule has 0 N–H and O–H groups in total. The van der Waals surface area contributed by atoms with E-state index in [1.165, 1.54) is 37.3 Å². The minimum absolute atomic E-state index is 0.0168. The lowest BCUT2D eigenvalue weighted by Gasteiger charge is -2.30. The van der Waals surface area contributed by atoms with Gasteiger partial charge in [-0.15, -0.1) is 0 Å². The molecular formula is C28H26F3N3O4. The fraction of sp³-hybridized carbons (Fsp3) is 0.214. The van der Waals surface area contributed by atoms with Gasteiger partial charge in [-0.25, -0.2) is 18.0 Å². The summed E-state index contributed by atoms with van der Waals surface area (Å²) in [6.07, 6.45) is 1.56. The number of anilines is 2. The Kier molecular flexibility index (Phi) is 7.90. The van der Waals surface area contributed by atoms with E-state index in [4.69, 9.17) is 14.2 Å². The maximum absolute atomic E-state index is 15.3. The summed E-state index contributed by atoms with van der Waals surface area (Å²) in [5.74, 6) is -0.779. The van der Waals surface area contributed by atoms with Gasteiger partial charge in [0.1, 0.15) is 23.1 Å². The minimum Gasteiger partial charge on any atom is -0.493 e. The predicted octanol–water partition coefficient (Wildman–Crippen LogP) is 6.93. The summed E-state index contributed by atoms with van der Waals surface area (Å²) in [5, 5.41) is 0.625. The van der Waals surface area contributed by atoms with Gasteiger partial charge in [-0.3, -0.25) is 14.8 Å². The number of pyridine rings is 1.